The Morgan fingerprint density at radius 2 is 1.45 bits per heavy atom. The van der Waals surface area contributed by atoms with Gasteiger partial charge in [-0.25, -0.2) is 8.42 Å². The third-order valence-electron chi connectivity index (χ3n) is 4.34. The smallest absolute Gasteiger partial charge is 0.309 e. The Labute approximate surface area is 172 Å². The van der Waals surface area contributed by atoms with Crippen LogP contribution in [-0.2, 0) is 19.4 Å². The number of carbonyl (C=O) groups excluding carboxylic acids is 2. The molecule has 2 rings (SSSR count). The van der Waals surface area contributed by atoms with Crippen LogP contribution in [-0.4, -0.2) is 58.9 Å². The van der Waals surface area contributed by atoms with Crippen molar-refractivity contribution in [1.29, 1.82) is 0 Å². The molecule has 0 aromatic heterocycles. The van der Waals surface area contributed by atoms with Crippen LogP contribution in [0.5, 0.6) is 0 Å². The summed E-state index contributed by atoms with van der Waals surface area (Å²) < 4.78 is 26.3. The number of nitrogens with one attached hydrogen (secondary N) is 2. The molecule has 8 heteroatoms. The first-order valence-corrected chi connectivity index (χ1v) is 10.9. The van der Waals surface area contributed by atoms with Gasteiger partial charge in [0.1, 0.15) is 5.25 Å². The summed E-state index contributed by atoms with van der Waals surface area (Å²) >= 11 is 0. The van der Waals surface area contributed by atoms with E-state index >= 15 is 0 Å². The molecule has 2 N–H and O–H groups in total. The zero-order valence-corrected chi connectivity index (χ0v) is 17.5. The highest BCUT2D eigenvalue weighted by Crippen LogP contribution is 2.28. The number of rotatable bonds is 9. The van der Waals surface area contributed by atoms with Gasteiger partial charge in [0, 0.05) is 13.1 Å². The van der Waals surface area contributed by atoms with Gasteiger partial charge in [-0.3, -0.25) is 9.59 Å². The van der Waals surface area contributed by atoms with E-state index in [1.807, 2.05) is 19.0 Å². The molecule has 2 aromatic carbocycles. The number of carbonyl (C=O) groups is 2. The maximum Gasteiger partial charge on any atom is 0.309 e. The van der Waals surface area contributed by atoms with Crippen LogP contribution < -0.4 is 10.6 Å². The van der Waals surface area contributed by atoms with Crippen LogP contribution in [0, 0.1) is 0 Å². The molecular formula is C21H27N3O4S. The number of nitrogens with zero attached hydrogens (tertiary/aromatic N) is 1. The molecular weight excluding hydrogens is 390 g/mol. The van der Waals surface area contributed by atoms with E-state index in [0.717, 1.165) is 6.54 Å². The first-order chi connectivity index (χ1) is 13.8. The second-order valence-corrected chi connectivity index (χ2v) is 9.01. The molecule has 0 radical (unpaired) electrons. The van der Waals surface area contributed by atoms with Crippen molar-refractivity contribution in [2.75, 3.05) is 33.7 Å². The van der Waals surface area contributed by atoms with E-state index in [2.05, 4.69) is 10.6 Å². The van der Waals surface area contributed by atoms with Crippen LogP contribution in [0.15, 0.2) is 65.6 Å². The Hall–Kier alpha value is -2.71. The highest BCUT2D eigenvalue weighted by atomic mass is 32.2. The summed E-state index contributed by atoms with van der Waals surface area (Å²) in [6.45, 7) is 0.952. The fraction of sp³-hybridized carbons (Fsp3) is 0.333. The Bertz CT molecular complexity index is 900. The highest BCUT2D eigenvalue weighted by Gasteiger charge is 2.30. The van der Waals surface area contributed by atoms with Gasteiger partial charge in [0.15, 0.2) is 9.84 Å². The predicted octanol–water partition coefficient (Wildman–Crippen LogP) is 1.39. The first kappa shape index (κ1) is 22.6. The maximum atomic E-state index is 13.1. The van der Waals surface area contributed by atoms with Crippen molar-refractivity contribution in [1.82, 2.24) is 15.5 Å². The van der Waals surface area contributed by atoms with Gasteiger partial charge < -0.3 is 15.5 Å². The first-order valence-electron chi connectivity index (χ1n) is 9.37. The predicted molar refractivity (Wildman–Crippen MR) is 112 cm³/mol. The highest BCUT2D eigenvalue weighted by molar-refractivity contribution is 7.91. The van der Waals surface area contributed by atoms with Crippen molar-refractivity contribution in [3.63, 3.8) is 0 Å². The van der Waals surface area contributed by atoms with Crippen LogP contribution in [0.1, 0.15) is 17.2 Å². The van der Waals surface area contributed by atoms with E-state index in [-0.39, 0.29) is 11.4 Å². The summed E-state index contributed by atoms with van der Waals surface area (Å²) in [5, 5.41) is 4.01. The van der Waals surface area contributed by atoms with E-state index in [1.54, 1.807) is 48.5 Å². The Kier molecular flexibility index (Phi) is 8.35. The van der Waals surface area contributed by atoms with Gasteiger partial charge in [0.2, 0.25) is 0 Å². The SMILES string of the molecule is CN(C)CCCNC(=O)C(=O)NC[C@@H](c1ccccc1)S(=O)(=O)c1ccccc1. The van der Waals surface area contributed by atoms with Gasteiger partial charge in [0.05, 0.1) is 4.90 Å². The molecule has 0 fully saturated rings. The lowest BCUT2D eigenvalue weighted by Gasteiger charge is -2.19. The standard InChI is InChI=1S/C21H27N3O4S/c1-24(2)15-9-14-22-20(25)21(26)23-16-19(17-10-5-3-6-11-17)29(27,28)18-12-7-4-8-13-18/h3-8,10-13,19H,9,14-16H2,1-2H3,(H,22,25)(H,23,26)/t19-/m0/s1. The largest absolute Gasteiger partial charge is 0.348 e. The fourth-order valence-electron chi connectivity index (χ4n) is 2.79. The van der Waals surface area contributed by atoms with Crippen molar-refractivity contribution in [2.45, 2.75) is 16.6 Å². The molecule has 156 valence electrons. The van der Waals surface area contributed by atoms with E-state index in [0.29, 0.717) is 18.5 Å². The van der Waals surface area contributed by atoms with Gasteiger partial charge in [-0.2, -0.15) is 0 Å². The second kappa shape index (κ2) is 10.7. The molecule has 0 bridgehead atoms. The third kappa shape index (κ3) is 6.69. The normalized spacial score (nSPS) is 12.4. The van der Waals surface area contributed by atoms with Crippen LogP contribution in [0.2, 0.25) is 0 Å². The summed E-state index contributed by atoms with van der Waals surface area (Å²) in [5.41, 5.74) is 0.544. The average Bonchev–Trinajstić information content (AvgIpc) is 2.72. The maximum absolute atomic E-state index is 13.1. The monoisotopic (exact) mass is 417 g/mol. The van der Waals surface area contributed by atoms with Gasteiger partial charge in [-0.1, -0.05) is 48.5 Å². The zero-order chi connectivity index (χ0) is 21.3. The van der Waals surface area contributed by atoms with Gasteiger partial charge in [-0.05, 0) is 44.8 Å². The number of amides is 2. The molecule has 2 aromatic rings. The molecule has 0 saturated carbocycles. The van der Waals surface area contributed by atoms with E-state index in [9.17, 15) is 18.0 Å². The van der Waals surface area contributed by atoms with Crippen LogP contribution in [0.4, 0.5) is 0 Å². The lowest BCUT2D eigenvalue weighted by molar-refractivity contribution is -0.139. The Morgan fingerprint density at radius 1 is 0.897 bits per heavy atom. The fourth-order valence-corrected chi connectivity index (χ4v) is 4.48. The molecule has 0 spiro atoms. The quantitative estimate of drug-likeness (QED) is 0.475. The van der Waals surface area contributed by atoms with Gasteiger partial charge in [-0.15, -0.1) is 0 Å². The van der Waals surface area contributed by atoms with E-state index in [4.69, 9.17) is 0 Å². The Morgan fingerprint density at radius 3 is 2.03 bits per heavy atom. The second-order valence-electron chi connectivity index (χ2n) is 6.88. The third-order valence-corrected chi connectivity index (χ3v) is 6.46. The molecule has 0 aliphatic rings. The van der Waals surface area contributed by atoms with Crippen molar-refractivity contribution in [3.8, 4) is 0 Å². The number of hydrogen-bond acceptors (Lipinski definition) is 5. The molecule has 1 atom stereocenters. The van der Waals surface area contributed by atoms with Crippen molar-refractivity contribution in [3.05, 3.63) is 66.2 Å². The molecule has 29 heavy (non-hydrogen) atoms. The number of sulfone groups is 1. The Balaban J connectivity index is 2.08. The molecule has 2 amide bonds. The van der Waals surface area contributed by atoms with Crippen LogP contribution in [0.3, 0.4) is 0 Å². The number of benzene rings is 2. The summed E-state index contributed by atoms with van der Waals surface area (Å²) in [4.78, 5) is 26.3. The van der Waals surface area contributed by atoms with E-state index < -0.39 is 26.9 Å². The van der Waals surface area contributed by atoms with Crippen LogP contribution in [0.25, 0.3) is 0 Å². The summed E-state index contributed by atoms with van der Waals surface area (Å²) in [7, 11) is 0.0862. The van der Waals surface area contributed by atoms with Crippen molar-refractivity contribution < 1.29 is 18.0 Å². The topological polar surface area (TPSA) is 95.6 Å². The minimum atomic E-state index is -3.76. The summed E-state index contributed by atoms with van der Waals surface area (Å²) in [6.07, 6.45) is 0.709. The lowest BCUT2D eigenvalue weighted by Crippen LogP contribution is -2.42. The lowest BCUT2D eigenvalue weighted by atomic mass is 10.1. The van der Waals surface area contributed by atoms with Crippen molar-refractivity contribution >= 4 is 21.7 Å². The zero-order valence-electron chi connectivity index (χ0n) is 16.7. The molecule has 0 saturated heterocycles. The van der Waals surface area contributed by atoms with Gasteiger partial charge >= 0.3 is 11.8 Å². The molecule has 0 aliphatic carbocycles. The van der Waals surface area contributed by atoms with Crippen molar-refractivity contribution in [2.24, 2.45) is 0 Å². The minimum Gasteiger partial charge on any atom is -0.348 e. The average molecular weight is 418 g/mol. The molecule has 0 heterocycles. The molecule has 7 nitrogen and oxygen atoms in total. The number of hydrogen-bond donors (Lipinski definition) is 2. The van der Waals surface area contributed by atoms with Gasteiger partial charge in [0.25, 0.3) is 0 Å². The van der Waals surface area contributed by atoms with E-state index in [1.165, 1.54) is 12.1 Å². The molecule has 0 aliphatic heterocycles. The van der Waals surface area contributed by atoms with Crippen LogP contribution >= 0.6 is 0 Å². The summed E-state index contributed by atoms with van der Waals surface area (Å²) in [6, 6.07) is 16.7. The minimum absolute atomic E-state index is 0.163. The molecule has 0 unspecified atom stereocenters. The summed E-state index contributed by atoms with van der Waals surface area (Å²) in [5.74, 6) is -1.62.